The summed E-state index contributed by atoms with van der Waals surface area (Å²) in [5.41, 5.74) is 2.89. The maximum absolute atomic E-state index is 14.2. The Morgan fingerprint density at radius 2 is 1.22 bits per heavy atom. The number of rotatable bonds is 10. The lowest BCUT2D eigenvalue weighted by Crippen LogP contribution is -2.31. The van der Waals surface area contributed by atoms with Gasteiger partial charge in [0.2, 0.25) is 20.0 Å². The van der Waals surface area contributed by atoms with Crippen molar-refractivity contribution in [3.63, 3.8) is 0 Å². The Morgan fingerprint density at radius 3 is 1.57 bits per heavy atom. The number of sulfonamides is 2. The molecular weight excluding hydrogens is 646 g/mol. The zero-order valence-corrected chi connectivity index (χ0v) is 26.4. The number of carbonyl (C=O) groups is 2. The standard InChI is InChI=1S/C15H15FN2O4S.C14H15FN4O3S/c1-22-15(19)11-5-6-12(14(16)8-11)10-18(23(2,20)21)13-4-3-7-17-9-13;1-23(21,22)19(12-3-2-6-17-8-12)9-11-5-4-10(7-13(11)15)14(20)18-16/h3-9H,10H2,1-2H3;2-8H,9,16H2,1H3,(H,18,20). The number of nitrogens with zero attached hydrogens (tertiary/aromatic N) is 4. The molecule has 2 aromatic carbocycles. The van der Waals surface area contributed by atoms with E-state index in [4.69, 9.17) is 5.84 Å². The average Bonchev–Trinajstić information content (AvgIpc) is 3.02. The first kappa shape index (κ1) is 35.5. The maximum atomic E-state index is 14.2. The number of aromatic nitrogens is 2. The molecule has 3 N–H and O–H groups in total. The fourth-order valence-corrected chi connectivity index (χ4v) is 5.66. The quantitative estimate of drug-likeness (QED) is 0.110. The number of methoxy groups -OCH3 is 1. The van der Waals surface area contributed by atoms with Crippen LogP contribution >= 0.6 is 0 Å². The van der Waals surface area contributed by atoms with Crippen LogP contribution in [0.25, 0.3) is 0 Å². The molecule has 4 rings (SSSR count). The Balaban J connectivity index is 0.000000250. The van der Waals surface area contributed by atoms with Gasteiger partial charge < -0.3 is 4.74 Å². The molecule has 1 amide bonds. The summed E-state index contributed by atoms with van der Waals surface area (Å²) in [7, 11) is -6.07. The minimum Gasteiger partial charge on any atom is -0.465 e. The summed E-state index contributed by atoms with van der Waals surface area (Å²) in [6.45, 7) is -0.432. The van der Waals surface area contributed by atoms with Crippen molar-refractivity contribution in [2.45, 2.75) is 13.1 Å². The van der Waals surface area contributed by atoms with Crippen molar-refractivity contribution < 1.29 is 39.9 Å². The molecule has 4 aromatic rings. The van der Waals surface area contributed by atoms with Crippen molar-refractivity contribution in [1.82, 2.24) is 15.4 Å². The van der Waals surface area contributed by atoms with Gasteiger partial charge in [0.1, 0.15) is 11.6 Å². The average molecular weight is 677 g/mol. The van der Waals surface area contributed by atoms with Gasteiger partial charge in [0.25, 0.3) is 5.91 Å². The van der Waals surface area contributed by atoms with E-state index in [1.165, 1.54) is 56.2 Å². The Labute approximate surface area is 264 Å². The molecule has 0 saturated carbocycles. The number of esters is 1. The molecule has 2 heterocycles. The Kier molecular flexibility index (Phi) is 11.8. The number of halogens is 2. The third-order valence-corrected chi connectivity index (χ3v) is 8.50. The van der Waals surface area contributed by atoms with Crippen LogP contribution in [0.5, 0.6) is 0 Å². The second kappa shape index (κ2) is 15.3. The molecule has 0 atom stereocenters. The number of hydrazine groups is 1. The number of hydrogen-bond donors (Lipinski definition) is 2. The van der Waals surface area contributed by atoms with Crippen molar-refractivity contribution >= 4 is 43.3 Å². The summed E-state index contributed by atoms with van der Waals surface area (Å²) in [6, 6.07) is 13.8. The second-order valence-electron chi connectivity index (χ2n) is 9.54. The highest BCUT2D eigenvalue weighted by molar-refractivity contribution is 7.92. The van der Waals surface area contributed by atoms with Crippen molar-refractivity contribution in [3.8, 4) is 0 Å². The molecule has 0 aliphatic heterocycles. The molecule has 0 aliphatic rings. The topological polar surface area (TPSA) is 182 Å². The molecule has 0 aliphatic carbocycles. The van der Waals surface area contributed by atoms with Gasteiger partial charge in [0.05, 0.1) is 62.0 Å². The Hall–Kier alpha value is -5.00. The van der Waals surface area contributed by atoms with E-state index in [1.54, 1.807) is 24.3 Å². The van der Waals surface area contributed by atoms with E-state index in [1.807, 2.05) is 5.43 Å². The lowest BCUT2D eigenvalue weighted by Gasteiger charge is -2.22. The number of ether oxygens (including phenoxy) is 1. The number of nitrogen functional groups attached to an aromatic ring is 1. The largest absolute Gasteiger partial charge is 0.465 e. The molecule has 46 heavy (non-hydrogen) atoms. The summed E-state index contributed by atoms with van der Waals surface area (Å²) in [4.78, 5) is 30.5. The second-order valence-corrected chi connectivity index (χ2v) is 13.4. The van der Waals surface area contributed by atoms with Crippen molar-refractivity contribution in [2.75, 3.05) is 28.2 Å². The van der Waals surface area contributed by atoms with Crippen LogP contribution in [0.15, 0.2) is 85.5 Å². The van der Waals surface area contributed by atoms with Gasteiger partial charge in [-0.1, -0.05) is 12.1 Å². The predicted octanol–water partition coefficient (Wildman–Crippen LogP) is 2.76. The molecule has 0 bridgehead atoms. The third kappa shape index (κ3) is 9.50. The van der Waals surface area contributed by atoms with Gasteiger partial charge in [0, 0.05) is 29.1 Å². The summed E-state index contributed by atoms with van der Waals surface area (Å²) in [6.07, 6.45) is 7.81. The van der Waals surface area contributed by atoms with E-state index in [0.717, 1.165) is 33.3 Å². The van der Waals surface area contributed by atoms with Gasteiger partial charge in [-0.15, -0.1) is 0 Å². The molecule has 13 nitrogen and oxygen atoms in total. The van der Waals surface area contributed by atoms with Gasteiger partial charge in [-0.05, 0) is 48.5 Å². The number of benzene rings is 2. The molecule has 0 unspecified atom stereocenters. The number of nitrogens with two attached hydrogens (primary N) is 1. The lowest BCUT2D eigenvalue weighted by atomic mass is 10.1. The highest BCUT2D eigenvalue weighted by Crippen LogP contribution is 2.23. The predicted molar refractivity (Wildman–Crippen MR) is 166 cm³/mol. The number of hydrogen-bond acceptors (Lipinski definition) is 10. The first-order chi connectivity index (χ1) is 21.6. The van der Waals surface area contributed by atoms with Crippen LogP contribution in [0.2, 0.25) is 0 Å². The fraction of sp³-hybridized carbons (Fsp3) is 0.172. The SMILES string of the molecule is COC(=O)c1ccc(CN(c2cccnc2)S(C)(=O)=O)c(F)c1.CS(=O)(=O)N(Cc1ccc(C(=O)NN)cc1F)c1cccnc1. The molecule has 0 saturated heterocycles. The van der Waals surface area contributed by atoms with Crippen molar-refractivity contribution in [3.05, 3.63) is 119 Å². The number of carbonyl (C=O) groups excluding carboxylic acids is 2. The normalized spacial score (nSPS) is 11.1. The number of amides is 1. The van der Waals surface area contributed by atoms with Crippen LogP contribution in [-0.2, 0) is 37.9 Å². The van der Waals surface area contributed by atoms with Gasteiger partial charge in [0.15, 0.2) is 0 Å². The molecular formula is C29H30F2N6O7S2. The van der Waals surface area contributed by atoms with Crippen LogP contribution in [0, 0.1) is 11.6 Å². The summed E-state index contributed by atoms with van der Waals surface area (Å²) in [5.74, 6) is 2.29. The van der Waals surface area contributed by atoms with Crippen molar-refractivity contribution in [2.24, 2.45) is 5.84 Å². The van der Waals surface area contributed by atoms with Gasteiger partial charge in [-0.25, -0.2) is 36.3 Å². The zero-order valence-electron chi connectivity index (χ0n) is 24.8. The van der Waals surface area contributed by atoms with E-state index in [9.17, 15) is 35.2 Å². The van der Waals surface area contributed by atoms with Crippen LogP contribution in [-0.4, -0.2) is 58.3 Å². The van der Waals surface area contributed by atoms with E-state index < -0.39 is 43.6 Å². The van der Waals surface area contributed by atoms with E-state index in [0.29, 0.717) is 11.4 Å². The monoisotopic (exact) mass is 676 g/mol. The maximum Gasteiger partial charge on any atom is 0.337 e. The highest BCUT2D eigenvalue weighted by atomic mass is 32.2. The van der Waals surface area contributed by atoms with E-state index >= 15 is 0 Å². The Bertz CT molecular complexity index is 1760. The fourth-order valence-electron chi connectivity index (χ4n) is 3.93. The third-order valence-electron chi connectivity index (χ3n) is 6.22. The number of pyridine rings is 2. The molecule has 2 aromatic heterocycles. The summed E-state index contributed by atoms with van der Waals surface area (Å²) in [5, 5.41) is 0. The van der Waals surface area contributed by atoms with E-state index in [2.05, 4.69) is 14.7 Å². The lowest BCUT2D eigenvalue weighted by molar-refractivity contribution is 0.0600. The van der Waals surface area contributed by atoms with Gasteiger partial charge in [-0.2, -0.15) is 0 Å². The molecule has 244 valence electrons. The number of nitrogens with one attached hydrogen (secondary N) is 1. The van der Waals surface area contributed by atoms with Crippen LogP contribution in [0.3, 0.4) is 0 Å². The minimum absolute atomic E-state index is 0.0426. The van der Waals surface area contributed by atoms with Crippen LogP contribution in [0.1, 0.15) is 31.8 Å². The number of anilines is 2. The Morgan fingerprint density at radius 1 is 0.783 bits per heavy atom. The van der Waals surface area contributed by atoms with Gasteiger partial charge >= 0.3 is 5.97 Å². The summed E-state index contributed by atoms with van der Waals surface area (Å²) < 4.78 is 82.8. The minimum atomic E-state index is -3.64. The van der Waals surface area contributed by atoms with Crippen LogP contribution in [0.4, 0.5) is 20.2 Å². The van der Waals surface area contributed by atoms with Crippen LogP contribution < -0.4 is 19.9 Å². The summed E-state index contributed by atoms with van der Waals surface area (Å²) >= 11 is 0. The first-order valence-electron chi connectivity index (χ1n) is 13.1. The highest BCUT2D eigenvalue weighted by Gasteiger charge is 2.22. The van der Waals surface area contributed by atoms with E-state index in [-0.39, 0.29) is 35.3 Å². The molecule has 0 radical (unpaired) electrons. The molecule has 17 heteroatoms. The molecule has 0 fully saturated rings. The van der Waals surface area contributed by atoms with Gasteiger partial charge in [-0.3, -0.25) is 28.8 Å². The molecule has 0 spiro atoms. The first-order valence-corrected chi connectivity index (χ1v) is 16.8. The zero-order chi connectivity index (χ0) is 34.1. The van der Waals surface area contributed by atoms with Crippen molar-refractivity contribution in [1.29, 1.82) is 0 Å². The smallest absolute Gasteiger partial charge is 0.337 e.